The Kier molecular flexibility index (Phi) is 8.94. The molecule has 7 aliphatic carbocycles. The van der Waals surface area contributed by atoms with Gasteiger partial charge in [0.2, 0.25) is 0 Å². The van der Waals surface area contributed by atoms with Crippen molar-refractivity contribution < 1.29 is 0 Å². The first-order valence-corrected chi connectivity index (χ1v) is 19.5. The molecular formula is C41H66. The highest BCUT2D eigenvalue weighted by molar-refractivity contribution is 5.09. The number of terminal acetylenes is 1. The standard InChI is InChI=1S/C41H66/c1-4-41(3)24-12-16-32(27-41)33-17-7-8-18-34(33)40-36-20-10-9-19-35(36)39(37-21-11-13-28(2)25-38(37)40)31-23-22-29-14-5-6-15-30(29)26-31/h1,28-40H,5-27H2,2-3H3/t28?,29?,30?,31?,32?,33?,34?,35?,36?,37?,38-,39?,40?,41?/m1/s1. The molecule has 7 saturated carbocycles. The second-order valence-corrected chi connectivity index (χ2v) is 17.9. The Morgan fingerprint density at radius 2 is 1.05 bits per heavy atom. The van der Waals surface area contributed by atoms with E-state index in [9.17, 15) is 0 Å². The van der Waals surface area contributed by atoms with E-state index in [0.29, 0.717) is 0 Å². The molecule has 13 unspecified atom stereocenters. The van der Waals surface area contributed by atoms with Gasteiger partial charge in [-0.2, -0.15) is 0 Å². The summed E-state index contributed by atoms with van der Waals surface area (Å²) in [6, 6.07) is 0. The van der Waals surface area contributed by atoms with Crippen molar-refractivity contribution in [1.29, 1.82) is 0 Å². The Labute approximate surface area is 255 Å². The second-order valence-electron chi connectivity index (χ2n) is 17.9. The topological polar surface area (TPSA) is 0 Å². The van der Waals surface area contributed by atoms with E-state index in [2.05, 4.69) is 19.8 Å². The largest absolute Gasteiger partial charge is 0.120 e. The van der Waals surface area contributed by atoms with Crippen LogP contribution in [0, 0.1) is 94.7 Å². The molecule has 41 heavy (non-hydrogen) atoms. The van der Waals surface area contributed by atoms with Gasteiger partial charge in [0, 0.05) is 5.41 Å². The molecule has 0 spiro atoms. The highest BCUT2D eigenvalue weighted by Gasteiger charge is 2.57. The van der Waals surface area contributed by atoms with Crippen molar-refractivity contribution in [2.45, 2.75) is 162 Å². The van der Waals surface area contributed by atoms with Gasteiger partial charge in [0.05, 0.1) is 0 Å². The third-order valence-corrected chi connectivity index (χ3v) is 15.8. The second kappa shape index (κ2) is 12.5. The van der Waals surface area contributed by atoms with Crippen LogP contribution in [0.15, 0.2) is 0 Å². The Morgan fingerprint density at radius 1 is 0.488 bits per heavy atom. The van der Waals surface area contributed by atoms with Gasteiger partial charge in [0.1, 0.15) is 0 Å². The molecule has 7 aliphatic rings. The van der Waals surface area contributed by atoms with Gasteiger partial charge < -0.3 is 0 Å². The quantitative estimate of drug-likeness (QED) is 0.302. The summed E-state index contributed by atoms with van der Waals surface area (Å²) in [6.07, 6.45) is 41.4. The van der Waals surface area contributed by atoms with E-state index in [1.165, 1.54) is 57.8 Å². The molecule has 0 aromatic carbocycles. The maximum absolute atomic E-state index is 6.19. The van der Waals surface area contributed by atoms with Crippen LogP contribution < -0.4 is 0 Å². The van der Waals surface area contributed by atoms with E-state index >= 15 is 0 Å². The predicted molar refractivity (Wildman–Crippen MR) is 174 cm³/mol. The fraction of sp³-hybridized carbons (Fsp3) is 0.951. The van der Waals surface area contributed by atoms with Gasteiger partial charge >= 0.3 is 0 Å². The number of hydrogen-bond acceptors (Lipinski definition) is 0. The number of rotatable bonds is 3. The molecule has 0 aromatic rings. The minimum Gasteiger partial charge on any atom is -0.120 e. The van der Waals surface area contributed by atoms with Crippen LogP contribution in [0.2, 0.25) is 0 Å². The molecule has 0 aliphatic heterocycles. The maximum atomic E-state index is 6.19. The lowest BCUT2D eigenvalue weighted by molar-refractivity contribution is -0.122. The smallest absolute Gasteiger partial charge is 0.0286 e. The predicted octanol–water partition coefficient (Wildman–Crippen LogP) is 11.7. The molecule has 0 amide bonds. The van der Waals surface area contributed by atoms with Crippen molar-refractivity contribution >= 4 is 0 Å². The molecule has 0 radical (unpaired) electrons. The summed E-state index contributed by atoms with van der Waals surface area (Å²) < 4.78 is 0. The Balaban J connectivity index is 1.21. The fourth-order valence-electron chi connectivity index (χ4n) is 14.3. The van der Waals surface area contributed by atoms with Crippen molar-refractivity contribution in [3.63, 3.8) is 0 Å². The van der Waals surface area contributed by atoms with Gasteiger partial charge in [-0.25, -0.2) is 0 Å². The summed E-state index contributed by atoms with van der Waals surface area (Å²) in [4.78, 5) is 0. The van der Waals surface area contributed by atoms with Crippen molar-refractivity contribution in [1.82, 2.24) is 0 Å². The molecule has 0 bridgehead atoms. The van der Waals surface area contributed by atoms with Gasteiger partial charge in [-0.15, -0.1) is 12.3 Å². The monoisotopic (exact) mass is 559 g/mol. The van der Waals surface area contributed by atoms with Crippen LogP contribution in [-0.4, -0.2) is 0 Å². The van der Waals surface area contributed by atoms with Gasteiger partial charge in [-0.3, -0.25) is 0 Å². The molecule has 0 heteroatoms. The first-order chi connectivity index (χ1) is 20.0. The average Bonchev–Trinajstić information content (AvgIpc) is 3.20. The molecule has 0 saturated heterocycles. The van der Waals surface area contributed by atoms with E-state index in [1.807, 2.05) is 0 Å². The van der Waals surface area contributed by atoms with Gasteiger partial charge in [0.25, 0.3) is 0 Å². The van der Waals surface area contributed by atoms with Crippen molar-refractivity contribution in [3.05, 3.63) is 0 Å². The molecule has 7 rings (SSSR count). The van der Waals surface area contributed by atoms with Crippen LogP contribution in [0.4, 0.5) is 0 Å². The van der Waals surface area contributed by atoms with Crippen molar-refractivity contribution in [3.8, 4) is 12.3 Å². The SMILES string of the molecule is C#CC1(C)CCCC(C2CCCCC2C2C3CCCCC3C(C3CCC4CCCCC4C3)C3CCCC(C)C[C@H]32)C1. The summed E-state index contributed by atoms with van der Waals surface area (Å²) in [7, 11) is 0. The number of hydrogen-bond donors (Lipinski definition) is 0. The van der Waals surface area contributed by atoms with Crippen molar-refractivity contribution in [2.75, 3.05) is 0 Å². The van der Waals surface area contributed by atoms with E-state index in [0.717, 1.165) is 76.9 Å². The van der Waals surface area contributed by atoms with Crippen LogP contribution in [-0.2, 0) is 0 Å². The van der Waals surface area contributed by atoms with Crippen LogP contribution in [0.25, 0.3) is 0 Å². The molecule has 230 valence electrons. The summed E-state index contributed by atoms with van der Waals surface area (Å²) >= 11 is 0. The minimum absolute atomic E-state index is 0.174. The molecule has 0 aromatic heterocycles. The summed E-state index contributed by atoms with van der Waals surface area (Å²) in [6.45, 7) is 5.09. The molecule has 0 N–H and O–H groups in total. The lowest BCUT2D eigenvalue weighted by atomic mass is 9.44. The molecular weight excluding hydrogens is 492 g/mol. The first-order valence-electron chi connectivity index (χ1n) is 19.5. The lowest BCUT2D eigenvalue weighted by Crippen LogP contribution is -2.54. The van der Waals surface area contributed by atoms with Crippen molar-refractivity contribution in [2.24, 2.45) is 82.3 Å². The van der Waals surface area contributed by atoms with Crippen LogP contribution in [0.1, 0.15) is 162 Å². The third-order valence-electron chi connectivity index (χ3n) is 15.8. The zero-order valence-electron chi connectivity index (χ0n) is 27.3. The molecule has 0 heterocycles. The van der Waals surface area contributed by atoms with Gasteiger partial charge in [-0.05, 0) is 154 Å². The lowest BCUT2D eigenvalue weighted by Gasteiger charge is -2.61. The van der Waals surface area contributed by atoms with Gasteiger partial charge in [-0.1, -0.05) is 84.0 Å². The van der Waals surface area contributed by atoms with E-state index in [4.69, 9.17) is 6.42 Å². The fourth-order valence-corrected chi connectivity index (χ4v) is 14.3. The maximum Gasteiger partial charge on any atom is 0.0286 e. The number of fused-ring (bicyclic) bond motifs is 3. The van der Waals surface area contributed by atoms with Crippen LogP contribution in [0.3, 0.4) is 0 Å². The zero-order chi connectivity index (χ0) is 28.0. The molecule has 0 nitrogen and oxygen atoms in total. The minimum atomic E-state index is 0.174. The highest BCUT2D eigenvalue weighted by Crippen LogP contribution is 2.64. The first kappa shape index (κ1) is 29.3. The van der Waals surface area contributed by atoms with Crippen LogP contribution in [0.5, 0.6) is 0 Å². The van der Waals surface area contributed by atoms with Gasteiger partial charge in [0.15, 0.2) is 0 Å². The molecule has 14 atom stereocenters. The van der Waals surface area contributed by atoms with E-state index in [1.54, 1.807) is 89.9 Å². The Bertz CT molecular complexity index is 909. The summed E-state index contributed by atoms with van der Waals surface area (Å²) in [5.74, 6) is 16.9. The third kappa shape index (κ3) is 5.75. The normalized spacial score (nSPS) is 52.7. The molecule has 7 fully saturated rings. The summed E-state index contributed by atoms with van der Waals surface area (Å²) in [5.41, 5.74) is 0.174. The van der Waals surface area contributed by atoms with E-state index < -0.39 is 0 Å². The Hall–Kier alpha value is -0.440. The van der Waals surface area contributed by atoms with Crippen LogP contribution >= 0.6 is 0 Å². The summed E-state index contributed by atoms with van der Waals surface area (Å²) in [5, 5.41) is 0. The zero-order valence-corrected chi connectivity index (χ0v) is 27.3. The Morgan fingerprint density at radius 3 is 1.80 bits per heavy atom. The average molecular weight is 559 g/mol. The van der Waals surface area contributed by atoms with E-state index in [-0.39, 0.29) is 5.41 Å². The highest BCUT2D eigenvalue weighted by atomic mass is 14.6.